The molecule has 5 nitrogen and oxygen atoms in total. The van der Waals surface area contributed by atoms with E-state index in [4.69, 9.17) is 4.74 Å². The summed E-state index contributed by atoms with van der Waals surface area (Å²) >= 11 is 3.33. The molecule has 0 atom stereocenters. The van der Waals surface area contributed by atoms with E-state index in [-0.39, 0.29) is 18.4 Å². The zero-order chi connectivity index (χ0) is 18.1. The molecule has 0 aliphatic rings. The minimum atomic E-state index is -0.300. The second-order valence-corrected chi connectivity index (χ2v) is 6.38. The first-order valence-electron chi connectivity index (χ1n) is 8.15. The molecule has 2 N–H and O–H groups in total. The van der Waals surface area contributed by atoms with Gasteiger partial charge in [0.05, 0.1) is 13.2 Å². The van der Waals surface area contributed by atoms with Gasteiger partial charge >= 0.3 is 0 Å². The fourth-order valence-corrected chi connectivity index (χ4v) is 2.30. The maximum absolute atomic E-state index is 12.1. The fourth-order valence-electron chi connectivity index (χ4n) is 2.04. The molecule has 0 spiro atoms. The molecule has 2 aromatic rings. The van der Waals surface area contributed by atoms with Crippen LogP contribution in [-0.4, -0.2) is 25.0 Å². The number of anilines is 1. The first-order chi connectivity index (χ1) is 12.1. The Bertz CT molecular complexity index is 700. The Labute approximate surface area is 155 Å². The monoisotopic (exact) mass is 404 g/mol. The lowest BCUT2D eigenvalue weighted by molar-refractivity contribution is -0.115. The van der Waals surface area contributed by atoms with Crippen molar-refractivity contribution in [3.63, 3.8) is 0 Å². The molecule has 0 saturated heterocycles. The quantitative estimate of drug-likeness (QED) is 0.653. The average molecular weight is 405 g/mol. The number of unbranched alkanes of at least 4 members (excludes halogenated alkanes) is 1. The summed E-state index contributed by atoms with van der Waals surface area (Å²) < 4.78 is 6.49. The van der Waals surface area contributed by atoms with Crippen molar-refractivity contribution in [2.75, 3.05) is 18.5 Å². The van der Waals surface area contributed by atoms with Crippen LogP contribution in [0.3, 0.4) is 0 Å². The van der Waals surface area contributed by atoms with Crippen LogP contribution in [0.5, 0.6) is 5.75 Å². The molecule has 0 bridgehead atoms. The largest absolute Gasteiger partial charge is 0.494 e. The minimum absolute atomic E-state index is 0.0936. The Morgan fingerprint density at radius 3 is 2.36 bits per heavy atom. The van der Waals surface area contributed by atoms with E-state index in [9.17, 15) is 9.59 Å². The number of ether oxygens (including phenoxy) is 1. The summed E-state index contributed by atoms with van der Waals surface area (Å²) in [6, 6.07) is 14.1. The Balaban J connectivity index is 1.79. The van der Waals surface area contributed by atoms with Crippen molar-refractivity contribution >= 4 is 33.4 Å². The number of halogens is 1. The third-order valence-corrected chi connectivity index (χ3v) is 3.95. The number of amides is 2. The molecule has 2 aromatic carbocycles. The maximum Gasteiger partial charge on any atom is 0.251 e. The van der Waals surface area contributed by atoms with Crippen molar-refractivity contribution in [2.45, 2.75) is 19.8 Å². The van der Waals surface area contributed by atoms with Crippen LogP contribution in [0, 0.1) is 0 Å². The molecular weight excluding hydrogens is 384 g/mol. The maximum atomic E-state index is 12.1. The molecule has 2 rings (SSSR count). The van der Waals surface area contributed by atoms with Gasteiger partial charge in [-0.3, -0.25) is 9.59 Å². The van der Waals surface area contributed by atoms with E-state index in [1.807, 2.05) is 12.1 Å². The van der Waals surface area contributed by atoms with E-state index in [2.05, 4.69) is 33.5 Å². The molecular formula is C19H21BrN2O3. The third kappa shape index (κ3) is 6.58. The Morgan fingerprint density at radius 1 is 1.04 bits per heavy atom. The highest BCUT2D eigenvalue weighted by Crippen LogP contribution is 2.14. The molecule has 0 aromatic heterocycles. The molecule has 0 aliphatic heterocycles. The summed E-state index contributed by atoms with van der Waals surface area (Å²) in [6.07, 6.45) is 2.07. The van der Waals surface area contributed by atoms with Gasteiger partial charge in [-0.25, -0.2) is 0 Å². The molecule has 0 saturated carbocycles. The predicted octanol–water partition coefficient (Wildman–Crippen LogP) is 4.00. The summed E-state index contributed by atoms with van der Waals surface area (Å²) in [5.41, 5.74) is 1.16. The van der Waals surface area contributed by atoms with Crippen LogP contribution in [0.2, 0.25) is 0 Å². The average Bonchev–Trinajstić information content (AvgIpc) is 2.62. The number of hydrogen-bond donors (Lipinski definition) is 2. The van der Waals surface area contributed by atoms with Gasteiger partial charge in [0.15, 0.2) is 0 Å². The molecule has 0 unspecified atom stereocenters. The summed E-state index contributed by atoms with van der Waals surface area (Å²) in [4.78, 5) is 24.0. The van der Waals surface area contributed by atoms with Crippen LogP contribution in [-0.2, 0) is 4.79 Å². The topological polar surface area (TPSA) is 67.4 Å². The predicted molar refractivity (Wildman–Crippen MR) is 102 cm³/mol. The summed E-state index contributed by atoms with van der Waals surface area (Å²) in [5.74, 6) is 0.152. The van der Waals surface area contributed by atoms with Gasteiger partial charge in [-0.2, -0.15) is 0 Å². The van der Waals surface area contributed by atoms with Crippen molar-refractivity contribution < 1.29 is 14.3 Å². The summed E-state index contributed by atoms with van der Waals surface area (Å²) in [7, 11) is 0. The van der Waals surface area contributed by atoms with E-state index in [0.29, 0.717) is 17.9 Å². The Morgan fingerprint density at radius 2 is 1.72 bits per heavy atom. The zero-order valence-corrected chi connectivity index (χ0v) is 15.6. The van der Waals surface area contributed by atoms with Crippen LogP contribution < -0.4 is 15.4 Å². The lowest BCUT2D eigenvalue weighted by atomic mass is 10.2. The highest BCUT2D eigenvalue weighted by molar-refractivity contribution is 9.10. The van der Waals surface area contributed by atoms with Gasteiger partial charge < -0.3 is 15.4 Å². The van der Waals surface area contributed by atoms with Crippen LogP contribution >= 0.6 is 15.9 Å². The van der Waals surface area contributed by atoms with Crippen molar-refractivity contribution in [1.82, 2.24) is 5.32 Å². The van der Waals surface area contributed by atoms with Gasteiger partial charge in [0.1, 0.15) is 5.75 Å². The number of rotatable bonds is 8. The van der Waals surface area contributed by atoms with Crippen molar-refractivity contribution in [2.24, 2.45) is 0 Å². The first-order valence-corrected chi connectivity index (χ1v) is 8.94. The molecule has 0 aliphatic carbocycles. The Hall–Kier alpha value is -2.34. The van der Waals surface area contributed by atoms with E-state index >= 15 is 0 Å². The van der Waals surface area contributed by atoms with Crippen molar-refractivity contribution in [3.8, 4) is 5.75 Å². The van der Waals surface area contributed by atoms with Crippen LogP contribution in [0.4, 0.5) is 5.69 Å². The lowest BCUT2D eigenvalue weighted by Crippen LogP contribution is -2.32. The number of benzene rings is 2. The summed E-state index contributed by atoms with van der Waals surface area (Å²) in [6.45, 7) is 2.67. The summed E-state index contributed by atoms with van der Waals surface area (Å²) in [5, 5.41) is 5.32. The van der Waals surface area contributed by atoms with Crippen LogP contribution in [0.15, 0.2) is 53.0 Å². The van der Waals surface area contributed by atoms with Gasteiger partial charge in [0.25, 0.3) is 5.91 Å². The van der Waals surface area contributed by atoms with Gasteiger partial charge in [-0.05, 0) is 55.0 Å². The van der Waals surface area contributed by atoms with E-state index in [1.165, 1.54) is 0 Å². The second kappa shape index (κ2) is 9.84. The molecule has 132 valence electrons. The molecule has 2 amide bonds. The SMILES string of the molecule is CCCCOc1ccc(C(=O)NCC(=O)Nc2ccc(Br)cc2)cc1. The van der Waals surface area contributed by atoms with Gasteiger partial charge in [0, 0.05) is 15.7 Å². The highest BCUT2D eigenvalue weighted by atomic mass is 79.9. The number of carbonyl (C=O) groups excluding carboxylic acids is 2. The van der Waals surface area contributed by atoms with E-state index in [0.717, 1.165) is 23.1 Å². The first kappa shape index (κ1) is 19.0. The molecule has 0 radical (unpaired) electrons. The second-order valence-electron chi connectivity index (χ2n) is 5.46. The van der Waals surface area contributed by atoms with Crippen molar-refractivity contribution in [3.05, 3.63) is 58.6 Å². The zero-order valence-electron chi connectivity index (χ0n) is 14.0. The molecule has 25 heavy (non-hydrogen) atoms. The normalized spacial score (nSPS) is 10.2. The lowest BCUT2D eigenvalue weighted by Gasteiger charge is -2.08. The van der Waals surface area contributed by atoms with E-state index in [1.54, 1.807) is 36.4 Å². The number of nitrogens with one attached hydrogen (secondary N) is 2. The molecule has 0 heterocycles. The Kier molecular flexibility index (Phi) is 7.47. The highest BCUT2D eigenvalue weighted by Gasteiger charge is 2.08. The van der Waals surface area contributed by atoms with Crippen molar-refractivity contribution in [1.29, 1.82) is 0 Å². The van der Waals surface area contributed by atoms with Gasteiger partial charge in [-0.15, -0.1) is 0 Å². The molecule has 6 heteroatoms. The standard InChI is InChI=1S/C19H21BrN2O3/c1-2-3-12-25-17-10-4-14(5-11-17)19(24)21-13-18(23)22-16-8-6-15(20)7-9-16/h4-11H,2-3,12-13H2,1H3,(H,21,24)(H,22,23). The van der Waals surface area contributed by atoms with Crippen LogP contribution in [0.25, 0.3) is 0 Å². The fraction of sp³-hybridized carbons (Fsp3) is 0.263. The molecule has 0 fully saturated rings. The minimum Gasteiger partial charge on any atom is -0.494 e. The third-order valence-electron chi connectivity index (χ3n) is 3.42. The van der Waals surface area contributed by atoms with E-state index < -0.39 is 0 Å². The number of carbonyl (C=O) groups is 2. The van der Waals surface area contributed by atoms with Crippen LogP contribution in [0.1, 0.15) is 30.1 Å². The number of hydrogen-bond acceptors (Lipinski definition) is 3. The smallest absolute Gasteiger partial charge is 0.251 e. The van der Waals surface area contributed by atoms with Gasteiger partial charge in [-0.1, -0.05) is 29.3 Å². The van der Waals surface area contributed by atoms with Gasteiger partial charge in [0.2, 0.25) is 5.91 Å².